The van der Waals surface area contributed by atoms with Crippen LogP contribution in [0.4, 0.5) is 5.69 Å². The number of aryl methyl sites for hydroxylation is 2. The monoisotopic (exact) mass is 429 g/mol. The predicted molar refractivity (Wildman–Crippen MR) is 113 cm³/mol. The number of hydrogen-bond donors (Lipinski definition) is 3. The lowest BCUT2D eigenvalue weighted by atomic mass is 10.1. The van der Waals surface area contributed by atoms with E-state index in [-0.39, 0.29) is 11.0 Å². The average Bonchev–Trinajstić information content (AvgIpc) is 2.55. The van der Waals surface area contributed by atoms with Gasteiger partial charge in [-0.15, -0.1) is 0 Å². The van der Waals surface area contributed by atoms with E-state index in [0.717, 1.165) is 16.8 Å². The quantitative estimate of drug-likeness (QED) is 0.373. The van der Waals surface area contributed by atoms with Gasteiger partial charge in [0.25, 0.3) is 5.91 Å². The molecule has 0 radical (unpaired) electrons. The highest BCUT2D eigenvalue weighted by atomic mass is 35.6. The van der Waals surface area contributed by atoms with Gasteiger partial charge in [-0.25, -0.2) is 0 Å². The lowest BCUT2D eigenvalue weighted by Crippen LogP contribution is -2.56. The Labute approximate surface area is 173 Å². The highest BCUT2D eigenvalue weighted by Gasteiger charge is 2.34. The Balaban J connectivity index is 2.09. The number of benzene rings is 2. The third-order valence-electron chi connectivity index (χ3n) is 3.55. The molecule has 0 aliphatic rings. The number of carbonyl (C=O) groups excluding carboxylic acids is 1. The Morgan fingerprint density at radius 2 is 1.73 bits per heavy atom. The van der Waals surface area contributed by atoms with Crippen molar-refractivity contribution in [1.29, 1.82) is 0 Å². The number of anilines is 1. The molecule has 138 valence electrons. The highest BCUT2D eigenvalue weighted by molar-refractivity contribution is 7.80. The van der Waals surface area contributed by atoms with Crippen LogP contribution in [-0.4, -0.2) is 21.0 Å². The predicted octanol–water partition coefficient (Wildman–Crippen LogP) is 4.72. The van der Waals surface area contributed by atoms with Crippen molar-refractivity contribution >= 4 is 63.7 Å². The number of thiocarbonyl (C=S) groups is 1. The normalized spacial score (nSPS) is 12.2. The van der Waals surface area contributed by atoms with Gasteiger partial charge < -0.3 is 16.0 Å². The standard InChI is InChI=1S/C18H18Cl3N3OS/c1-11-6-5-8-13(10-11)15(25)23-16(18(19,20)21)24-17(26)22-14-9-4-3-7-12(14)2/h3-10,16H,1-2H3,(H,23,25)(H2,22,24,26)/t16-/m1/s1. The summed E-state index contributed by atoms with van der Waals surface area (Å²) in [5.74, 6) is -0.379. The number of nitrogens with one attached hydrogen (secondary N) is 3. The van der Waals surface area contributed by atoms with Gasteiger partial charge in [-0.05, 0) is 49.8 Å². The third kappa shape index (κ3) is 6.02. The summed E-state index contributed by atoms with van der Waals surface area (Å²) in [7, 11) is 0. The van der Waals surface area contributed by atoms with Gasteiger partial charge >= 0.3 is 0 Å². The number of rotatable bonds is 4. The van der Waals surface area contributed by atoms with Gasteiger partial charge in [0.15, 0.2) is 5.11 Å². The molecule has 1 amide bonds. The minimum absolute atomic E-state index is 0.222. The van der Waals surface area contributed by atoms with Gasteiger partial charge in [-0.1, -0.05) is 70.7 Å². The molecule has 4 nitrogen and oxygen atoms in total. The topological polar surface area (TPSA) is 53.2 Å². The molecular weight excluding hydrogens is 413 g/mol. The molecule has 8 heteroatoms. The maximum Gasteiger partial charge on any atom is 0.252 e. The Morgan fingerprint density at radius 3 is 2.35 bits per heavy atom. The van der Waals surface area contributed by atoms with Crippen molar-refractivity contribution in [3.05, 3.63) is 65.2 Å². The van der Waals surface area contributed by atoms with Crippen molar-refractivity contribution in [1.82, 2.24) is 10.6 Å². The molecule has 0 unspecified atom stereocenters. The first kappa shape index (κ1) is 20.8. The smallest absolute Gasteiger partial charge is 0.252 e. The van der Waals surface area contributed by atoms with E-state index < -0.39 is 9.96 Å². The molecule has 26 heavy (non-hydrogen) atoms. The second-order valence-electron chi connectivity index (χ2n) is 5.73. The zero-order valence-electron chi connectivity index (χ0n) is 14.1. The molecule has 0 aliphatic heterocycles. The number of alkyl halides is 3. The van der Waals surface area contributed by atoms with Crippen LogP contribution in [0, 0.1) is 13.8 Å². The van der Waals surface area contributed by atoms with E-state index in [1.54, 1.807) is 18.2 Å². The largest absolute Gasteiger partial charge is 0.339 e. The molecule has 0 bridgehead atoms. The van der Waals surface area contributed by atoms with Crippen molar-refractivity contribution in [2.75, 3.05) is 5.32 Å². The fraction of sp³-hybridized carbons (Fsp3) is 0.222. The second-order valence-corrected chi connectivity index (χ2v) is 8.51. The first-order chi connectivity index (χ1) is 12.2. The van der Waals surface area contributed by atoms with E-state index >= 15 is 0 Å². The summed E-state index contributed by atoms with van der Waals surface area (Å²) >= 11 is 23.3. The summed E-state index contributed by atoms with van der Waals surface area (Å²) in [6.07, 6.45) is -1.02. The fourth-order valence-electron chi connectivity index (χ4n) is 2.20. The van der Waals surface area contributed by atoms with Gasteiger partial charge in [0.1, 0.15) is 6.17 Å². The van der Waals surface area contributed by atoms with Crippen molar-refractivity contribution in [2.24, 2.45) is 0 Å². The molecule has 0 fully saturated rings. The van der Waals surface area contributed by atoms with E-state index in [4.69, 9.17) is 47.0 Å². The van der Waals surface area contributed by atoms with Gasteiger partial charge in [0, 0.05) is 11.3 Å². The van der Waals surface area contributed by atoms with Gasteiger partial charge in [-0.2, -0.15) is 0 Å². The van der Waals surface area contributed by atoms with E-state index in [1.165, 1.54) is 0 Å². The number of carbonyl (C=O) groups is 1. The molecule has 2 rings (SSSR count). The second kappa shape index (κ2) is 8.91. The van der Waals surface area contributed by atoms with E-state index in [2.05, 4.69) is 16.0 Å². The average molecular weight is 431 g/mol. The summed E-state index contributed by atoms with van der Waals surface area (Å²) in [5.41, 5.74) is 3.24. The maximum atomic E-state index is 12.5. The molecule has 0 aliphatic carbocycles. The van der Waals surface area contributed by atoms with Crippen LogP contribution in [0.2, 0.25) is 0 Å². The minimum atomic E-state index is -1.81. The van der Waals surface area contributed by atoms with Crippen LogP contribution in [0.25, 0.3) is 0 Å². The third-order valence-corrected chi connectivity index (χ3v) is 4.43. The fourth-order valence-corrected chi connectivity index (χ4v) is 2.76. The summed E-state index contributed by atoms with van der Waals surface area (Å²) in [4.78, 5) is 12.5. The van der Waals surface area contributed by atoms with Crippen LogP contribution in [-0.2, 0) is 0 Å². The highest BCUT2D eigenvalue weighted by Crippen LogP contribution is 2.29. The Bertz CT molecular complexity index is 808. The van der Waals surface area contributed by atoms with E-state index in [1.807, 2.05) is 44.2 Å². The molecule has 0 saturated carbocycles. The number of hydrogen-bond acceptors (Lipinski definition) is 2. The molecule has 2 aromatic carbocycles. The zero-order valence-corrected chi connectivity index (χ0v) is 17.2. The van der Waals surface area contributed by atoms with Crippen LogP contribution >= 0.6 is 47.0 Å². The van der Waals surface area contributed by atoms with Gasteiger partial charge in [0.05, 0.1) is 0 Å². The van der Waals surface area contributed by atoms with Crippen LogP contribution < -0.4 is 16.0 Å². The lowest BCUT2D eigenvalue weighted by molar-refractivity contribution is 0.0934. The number of halogens is 3. The summed E-state index contributed by atoms with van der Waals surface area (Å²) in [5, 5.41) is 8.75. The summed E-state index contributed by atoms with van der Waals surface area (Å²) < 4.78 is -1.81. The van der Waals surface area contributed by atoms with E-state index in [9.17, 15) is 4.79 Å². The van der Waals surface area contributed by atoms with Crippen LogP contribution in [0.5, 0.6) is 0 Å². The van der Waals surface area contributed by atoms with Crippen molar-refractivity contribution in [3.8, 4) is 0 Å². The van der Waals surface area contributed by atoms with Crippen molar-refractivity contribution in [2.45, 2.75) is 23.8 Å². The van der Waals surface area contributed by atoms with Crippen LogP contribution in [0.15, 0.2) is 48.5 Å². The molecular formula is C18H18Cl3N3OS. The minimum Gasteiger partial charge on any atom is -0.339 e. The lowest BCUT2D eigenvalue weighted by Gasteiger charge is -2.28. The number of amides is 1. The first-order valence-corrected chi connectivity index (χ1v) is 9.28. The summed E-state index contributed by atoms with van der Waals surface area (Å²) in [6.45, 7) is 3.83. The zero-order chi connectivity index (χ0) is 19.3. The van der Waals surface area contributed by atoms with Crippen LogP contribution in [0.3, 0.4) is 0 Å². The van der Waals surface area contributed by atoms with Crippen LogP contribution in [0.1, 0.15) is 21.5 Å². The molecule has 0 heterocycles. The molecule has 1 atom stereocenters. The van der Waals surface area contributed by atoms with Gasteiger partial charge in [-0.3, -0.25) is 4.79 Å². The number of para-hydroxylation sites is 1. The molecule has 3 N–H and O–H groups in total. The maximum absolute atomic E-state index is 12.5. The van der Waals surface area contributed by atoms with Crippen molar-refractivity contribution < 1.29 is 4.79 Å². The SMILES string of the molecule is Cc1cccc(C(=O)N[C@H](NC(=S)Nc2ccccc2C)C(Cl)(Cl)Cl)c1. The Hall–Kier alpha value is -1.53. The van der Waals surface area contributed by atoms with Gasteiger partial charge in [0.2, 0.25) is 3.79 Å². The Kier molecular flexibility index (Phi) is 7.12. The van der Waals surface area contributed by atoms with Crippen molar-refractivity contribution in [3.63, 3.8) is 0 Å². The molecule has 0 saturated heterocycles. The van der Waals surface area contributed by atoms with E-state index in [0.29, 0.717) is 5.56 Å². The molecule has 0 aromatic heterocycles. The molecule has 2 aromatic rings. The molecule has 0 spiro atoms. The Morgan fingerprint density at radius 1 is 1.04 bits per heavy atom. The first-order valence-electron chi connectivity index (χ1n) is 7.74. The summed E-state index contributed by atoms with van der Waals surface area (Å²) in [6, 6.07) is 14.7.